The van der Waals surface area contributed by atoms with Crippen molar-refractivity contribution in [3.63, 3.8) is 0 Å². The number of piperazine rings is 1. The Kier molecular flexibility index (Phi) is 7.34. The number of aliphatic hydroxyl groups excluding tert-OH is 1. The maximum absolute atomic E-state index is 12.2. The molecule has 6 heteroatoms. The third-order valence-electron chi connectivity index (χ3n) is 4.11. The summed E-state index contributed by atoms with van der Waals surface area (Å²) in [6.07, 6.45) is 0.896. The summed E-state index contributed by atoms with van der Waals surface area (Å²) in [5.74, 6) is 1.77. The molecule has 2 rings (SSSR count). The van der Waals surface area contributed by atoms with Gasteiger partial charge in [0.2, 0.25) is 5.91 Å². The normalized spacial score (nSPS) is 16.7. The van der Waals surface area contributed by atoms with Gasteiger partial charge in [0.15, 0.2) is 0 Å². The molecule has 134 valence electrons. The summed E-state index contributed by atoms with van der Waals surface area (Å²) >= 11 is 0. The van der Waals surface area contributed by atoms with Gasteiger partial charge in [0.05, 0.1) is 19.8 Å². The van der Waals surface area contributed by atoms with Crippen LogP contribution >= 0.6 is 0 Å². The molecular weight excluding hydrogens is 308 g/mol. The second kappa shape index (κ2) is 9.49. The van der Waals surface area contributed by atoms with Crippen molar-refractivity contribution in [3.8, 4) is 11.5 Å². The van der Waals surface area contributed by atoms with Gasteiger partial charge in [-0.1, -0.05) is 0 Å². The van der Waals surface area contributed by atoms with Crippen molar-refractivity contribution in [3.05, 3.63) is 24.3 Å². The molecular formula is C18H28N2O4. The van der Waals surface area contributed by atoms with E-state index in [0.717, 1.165) is 37.7 Å². The lowest BCUT2D eigenvalue weighted by molar-refractivity contribution is -0.133. The first-order valence-corrected chi connectivity index (χ1v) is 8.53. The van der Waals surface area contributed by atoms with Crippen molar-refractivity contribution < 1.29 is 19.4 Å². The minimum absolute atomic E-state index is 0.185. The topological polar surface area (TPSA) is 62.2 Å². The van der Waals surface area contributed by atoms with E-state index in [1.54, 1.807) is 14.0 Å². The third kappa shape index (κ3) is 6.02. The lowest BCUT2D eigenvalue weighted by Crippen LogP contribution is -2.50. The van der Waals surface area contributed by atoms with E-state index in [4.69, 9.17) is 9.47 Å². The Morgan fingerprint density at radius 1 is 1.17 bits per heavy atom. The van der Waals surface area contributed by atoms with Crippen LogP contribution in [0.2, 0.25) is 0 Å². The van der Waals surface area contributed by atoms with E-state index in [1.807, 2.05) is 29.2 Å². The quantitative estimate of drug-likeness (QED) is 0.727. The molecule has 1 aliphatic rings. The SMILES string of the molecule is COc1ccc(OCCCC(=O)N2CCN(C[C@@H](C)O)CC2)cc1. The van der Waals surface area contributed by atoms with E-state index in [2.05, 4.69) is 4.90 Å². The first kappa shape index (κ1) is 18.5. The zero-order chi connectivity index (χ0) is 17.4. The first-order chi connectivity index (χ1) is 11.6. The molecule has 0 bridgehead atoms. The van der Waals surface area contributed by atoms with Crippen molar-refractivity contribution in [1.82, 2.24) is 9.80 Å². The number of ether oxygens (including phenoxy) is 2. The first-order valence-electron chi connectivity index (χ1n) is 8.53. The van der Waals surface area contributed by atoms with E-state index in [9.17, 15) is 9.90 Å². The van der Waals surface area contributed by atoms with Gasteiger partial charge in [-0.3, -0.25) is 9.69 Å². The summed E-state index contributed by atoms with van der Waals surface area (Å²) < 4.78 is 10.7. The smallest absolute Gasteiger partial charge is 0.222 e. The van der Waals surface area contributed by atoms with Gasteiger partial charge in [0.1, 0.15) is 11.5 Å². The van der Waals surface area contributed by atoms with Crippen molar-refractivity contribution in [2.45, 2.75) is 25.9 Å². The molecule has 1 aliphatic heterocycles. The monoisotopic (exact) mass is 336 g/mol. The second-order valence-corrected chi connectivity index (χ2v) is 6.16. The van der Waals surface area contributed by atoms with Gasteiger partial charge in [-0.05, 0) is 37.6 Å². The Morgan fingerprint density at radius 3 is 2.38 bits per heavy atom. The molecule has 0 unspecified atom stereocenters. The molecule has 0 aromatic heterocycles. The summed E-state index contributed by atoms with van der Waals surface area (Å²) in [5.41, 5.74) is 0. The predicted octanol–water partition coefficient (Wildman–Crippen LogP) is 1.38. The number of nitrogens with zero attached hydrogens (tertiary/aromatic N) is 2. The highest BCUT2D eigenvalue weighted by Crippen LogP contribution is 2.17. The standard InChI is InChI=1S/C18H28N2O4/c1-15(21)14-19-9-11-20(12-10-19)18(22)4-3-13-24-17-7-5-16(23-2)6-8-17/h5-8,15,21H,3-4,9-14H2,1-2H3/t15-/m1/s1. The van der Waals surface area contributed by atoms with Crippen LogP contribution in [-0.2, 0) is 4.79 Å². The van der Waals surface area contributed by atoms with Crippen LogP contribution in [0.1, 0.15) is 19.8 Å². The molecule has 0 spiro atoms. The molecule has 0 saturated carbocycles. The number of methoxy groups -OCH3 is 1. The van der Waals surface area contributed by atoms with E-state index in [1.165, 1.54) is 0 Å². The Labute approximate surface area is 144 Å². The number of aliphatic hydroxyl groups is 1. The van der Waals surface area contributed by atoms with Crippen LogP contribution in [0.5, 0.6) is 11.5 Å². The van der Waals surface area contributed by atoms with Crippen LogP contribution in [0.4, 0.5) is 0 Å². The van der Waals surface area contributed by atoms with Gasteiger partial charge in [0, 0.05) is 39.1 Å². The van der Waals surface area contributed by atoms with Gasteiger partial charge in [-0.15, -0.1) is 0 Å². The molecule has 1 N–H and O–H groups in total. The zero-order valence-electron chi connectivity index (χ0n) is 14.6. The van der Waals surface area contributed by atoms with Crippen molar-refractivity contribution in [1.29, 1.82) is 0 Å². The fraction of sp³-hybridized carbons (Fsp3) is 0.611. The molecule has 24 heavy (non-hydrogen) atoms. The van der Waals surface area contributed by atoms with Gasteiger partial charge < -0.3 is 19.5 Å². The number of hydrogen-bond acceptors (Lipinski definition) is 5. The van der Waals surface area contributed by atoms with Gasteiger partial charge in [0.25, 0.3) is 0 Å². The number of carbonyl (C=O) groups excluding carboxylic acids is 1. The zero-order valence-corrected chi connectivity index (χ0v) is 14.6. The van der Waals surface area contributed by atoms with Crippen molar-refractivity contribution in [2.75, 3.05) is 46.4 Å². The molecule has 0 radical (unpaired) electrons. The number of carbonyl (C=O) groups is 1. The molecule has 1 amide bonds. The minimum Gasteiger partial charge on any atom is -0.497 e. The van der Waals surface area contributed by atoms with Crippen LogP contribution < -0.4 is 9.47 Å². The Balaban J connectivity index is 1.61. The Bertz CT molecular complexity index is 496. The highest BCUT2D eigenvalue weighted by molar-refractivity contribution is 5.76. The second-order valence-electron chi connectivity index (χ2n) is 6.16. The maximum Gasteiger partial charge on any atom is 0.222 e. The minimum atomic E-state index is -0.317. The third-order valence-corrected chi connectivity index (χ3v) is 4.11. The number of β-amino-alcohol motifs (C(OH)–C–C–N with tert-alkyl or cyclic N) is 1. The van der Waals surface area contributed by atoms with Crippen molar-refractivity contribution in [2.24, 2.45) is 0 Å². The number of amides is 1. The number of hydrogen-bond donors (Lipinski definition) is 1. The van der Waals surface area contributed by atoms with Crippen LogP contribution in [-0.4, -0.2) is 73.4 Å². The van der Waals surface area contributed by atoms with E-state index in [0.29, 0.717) is 26.0 Å². The fourth-order valence-corrected chi connectivity index (χ4v) is 2.80. The molecule has 1 fully saturated rings. The molecule has 1 aromatic rings. The summed E-state index contributed by atoms with van der Waals surface area (Å²) in [6, 6.07) is 7.43. The summed E-state index contributed by atoms with van der Waals surface area (Å²) in [4.78, 5) is 16.3. The van der Waals surface area contributed by atoms with Crippen LogP contribution in [0, 0.1) is 0 Å². The fourth-order valence-electron chi connectivity index (χ4n) is 2.80. The summed E-state index contributed by atoms with van der Waals surface area (Å²) in [6.45, 7) is 6.14. The van der Waals surface area contributed by atoms with E-state index in [-0.39, 0.29) is 12.0 Å². The highest BCUT2D eigenvalue weighted by Gasteiger charge is 2.21. The van der Waals surface area contributed by atoms with Crippen LogP contribution in [0.3, 0.4) is 0 Å². The maximum atomic E-state index is 12.2. The lowest BCUT2D eigenvalue weighted by atomic mass is 10.2. The van der Waals surface area contributed by atoms with Crippen LogP contribution in [0.25, 0.3) is 0 Å². The molecule has 1 saturated heterocycles. The average molecular weight is 336 g/mol. The molecule has 1 aromatic carbocycles. The lowest BCUT2D eigenvalue weighted by Gasteiger charge is -2.35. The summed E-state index contributed by atoms with van der Waals surface area (Å²) in [5, 5.41) is 9.40. The largest absolute Gasteiger partial charge is 0.497 e. The highest BCUT2D eigenvalue weighted by atomic mass is 16.5. The molecule has 1 heterocycles. The van der Waals surface area contributed by atoms with Crippen LogP contribution in [0.15, 0.2) is 24.3 Å². The van der Waals surface area contributed by atoms with E-state index >= 15 is 0 Å². The van der Waals surface area contributed by atoms with Gasteiger partial charge >= 0.3 is 0 Å². The molecule has 0 aliphatic carbocycles. The molecule has 1 atom stereocenters. The Morgan fingerprint density at radius 2 is 1.79 bits per heavy atom. The van der Waals surface area contributed by atoms with Crippen molar-refractivity contribution >= 4 is 5.91 Å². The van der Waals surface area contributed by atoms with Gasteiger partial charge in [-0.25, -0.2) is 0 Å². The van der Waals surface area contributed by atoms with Gasteiger partial charge in [-0.2, -0.15) is 0 Å². The number of benzene rings is 1. The average Bonchev–Trinajstić information content (AvgIpc) is 2.59. The predicted molar refractivity (Wildman–Crippen MR) is 92.4 cm³/mol. The van der Waals surface area contributed by atoms with E-state index < -0.39 is 0 Å². The Hall–Kier alpha value is -1.79. The summed E-state index contributed by atoms with van der Waals surface area (Å²) in [7, 11) is 1.63. The molecule has 6 nitrogen and oxygen atoms in total. The number of rotatable bonds is 8.